The van der Waals surface area contributed by atoms with Crippen LogP contribution in [-0.2, 0) is 0 Å². The molecule has 6 nitrogen and oxygen atoms in total. The second kappa shape index (κ2) is 5.25. The molecule has 0 spiro atoms. The van der Waals surface area contributed by atoms with Crippen LogP contribution in [0.2, 0.25) is 0 Å². The molecule has 3 N–H and O–H groups in total. The molecule has 0 bridgehead atoms. The summed E-state index contributed by atoms with van der Waals surface area (Å²) in [6, 6.07) is 4.79. The quantitative estimate of drug-likeness (QED) is 0.381. The molecule has 19 heavy (non-hydrogen) atoms. The normalized spacial score (nSPS) is 11.4. The number of hydrogen-bond acceptors (Lipinski definition) is 5. The molecule has 0 fully saturated rings. The molecular formula is C11H8F2N4O2. The number of hydrogen-bond donors (Lipinski definition) is 2. The van der Waals surface area contributed by atoms with Gasteiger partial charge in [-0.2, -0.15) is 9.49 Å². The number of nitrogens with zero attached hydrogens (tertiary/aromatic N) is 3. The zero-order valence-corrected chi connectivity index (χ0v) is 9.42. The summed E-state index contributed by atoms with van der Waals surface area (Å²) in [5, 5.41) is 18.5. The molecule has 1 heterocycles. The fourth-order valence-corrected chi connectivity index (χ4v) is 1.31. The average molecular weight is 266 g/mol. The van der Waals surface area contributed by atoms with Gasteiger partial charge in [0.2, 0.25) is 11.7 Å². The molecule has 1 aromatic heterocycles. The molecule has 2 aromatic rings. The molecule has 0 saturated carbocycles. The lowest BCUT2D eigenvalue weighted by Gasteiger charge is -2.08. The van der Waals surface area contributed by atoms with Crippen LogP contribution in [0.5, 0.6) is 11.6 Å². The number of aromatic nitrogens is 2. The SMILES string of the molecule is N/C(=N/O)c1ccnnc1Oc1cccc(F)c1F. The summed E-state index contributed by atoms with van der Waals surface area (Å²) < 4.78 is 31.6. The van der Waals surface area contributed by atoms with Crippen LogP contribution in [0, 0.1) is 11.6 Å². The molecular weight excluding hydrogens is 258 g/mol. The maximum atomic E-state index is 13.4. The van der Waals surface area contributed by atoms with Gasteiger partial charge < -0.3 is 15.7 Å². The lowest BCUT2D eigenvalue weighted by atomic mass is 10.2. The van der Waals surface area contributed by atoms with Gasteiger partial charge in [-0.05, 0) is 18.2 Å². The van der Waals surface area contributed by atoms with Crippen LogP contribution >= 0.6 is 0 Å². The summed E-state index contributed by atoms with van der Waals surface area (Å²) >= 11 is 0. The van der Waals surface area contributed by atoms with Crippen molar-refractivity contribution in [3.63, 3.8) is 0 Å². The Morgan fingerprint density at radius 2 is 2.11 bits per heavy atom. The van der Waals surface area contributed by atoms with Crippen LogP contribution in [0.4, 0.5) is 8.78 Å². The Balaban J connectivity index is 2.42. The van der Waals surface area contributed by atoms with Crippen molar-refractivity contribution in [3.8, 4) is 11.6 Å². The fourth-order valence-electron chi connectivity index (χ4n) is 1.31. The van der Waals surface area contributed by atoms with E-state index in [1.54, 1.807) is 0 Å². The number of ether oxygens (including phenoxy) is 1. The van der Waals surface area contributed by atoms with E-state index in [9.17, 15) is 8.78 Å². The minimum atomic E-state index is -1.17. The largest absolute Gasteiger partial charge is 0.434 e. The molecule has 0 saturated heterocycles. The average Bonchev–Trinajstić information content (AvgIpc) is 2.43. The number of nitrogens with two attached hydrogens (primary N) is 1. The van der Waals surface area contributed by atoms with Crippen molar-refractivity contribution in [1.29, 1.82) is 0 Å². The van der Waals surface area contributed by atoms with Crippen molar-refractivity contribution in [1.82, 2.24) is 10.2 Å². The standard InChI is InChI=1S/C11H8F2N4O2/c12-7-2-1-3-8(9(7)13)19-11-6(10(14)17-18)4-5-15-16-11/h1-5,18H,(H2,14,17). The van der Waals surface area contributed by atoms with Gasteiger partial charge in [0.05, 0.1) is 11.8 Å². The molecule has 0 unspecified atom stereocenters. The van der Waals surface area contributed by atoms with Crippen molar-refractivity contribution in [2.75, 3.05) is 0 Å². The smallest absolute Gasteiger partial charge is 0.250 e. The predicted octanol–water partition coefficient (Wildman–Crippen LogP) is 1.64. The van der Waals surface area contributed by atoms with Gasteiger partial charge in [-0.3, -0.25) is 0 Å². The second-order valence-electron chi connectivity index (χ2n) is 3.39. The number of amidine groups is 1. The van der Waals surface area contributed by atoms with Crippen LogP contribution in [0.1, 0.15) is 5.56 Å². The van der Waals surface area contributed by atoms with Gasteiger partial charge in [-0.15, -0.1) is 5.10 Å². The van der Waals surface area contributed by atoms with Gasteiger partial charge in [0, 0.05) is 0 Å². The molecule has 0 aliphatic carbocycles. The van der Waals surface area contributed by atoms with E-state index in [0.29, 0.717) is 0 Å². The third-order valence-electron chi connectivity index (χ3n) is 2.19. The fraction of sp³-hybridized carbons (Fsp3) is 0. The molecule has 1 aromatic carbocycles. The summed E-state index contributed by atoms with van der Waals surface area (Å²) in [5.41, 5.74) is 5.50. The van der Waals surface area contributed by atoms with Crippen molar-refractivity contribution < 1.29 is 18.7 Å². The summed E-state index contributed by atoms with van der Waals surface area (Å²) in [4.78, 5) is 0. The van der Waals surface area contributed by atoms with Crippen molar-refractivity contribution in [2.24, 2.45) is 10.9 Å². The first-order chi connectivity index (χ1) is 9.13. The highest BCUT2D eigenvalue weighted by molar-refractivity contribution is 5.98. The molecule has 98 valence electrons. The van der Waals surface area contributed by atoms with Gasteiger partial charge in [0.25, 0.3) is 0 Å². The van der Waals surface area contributed by atoms with E-state index in [1.807, 2.05) is 0 Å². The molecule has 0 aliphatic heterocycles. The summed E-state index contributed by atoms with van der Waals surface area (Å²) in [6.07, 6.45) is 1.28. The van der Waals surface area contributed by atoms with Crippen molar-refractivity contribution >= 4 is 5.84 Å². The maximum absolute atomic E-state index is 13.4. The minimum absolute atomic E-state index is 0.0983. The zero-order valence-electron chi connectivity index (χ0n) is 9.42. The van der Waals surface area contributed by atoms with Crippen LogP contribution in [0.3, 0.4) is 0 Å². The Kier molecular flexibility index (Phi) is 3.51. The predicted molar refractivity (Wildman–Crippen MR) is 61.0 cm³/mol. The highest BCUT2D eigenvalue weighted by Crippen LogP contribution is 2.26. The van der Waals surface area contributed by atoms with Crippen LogP contribution in [0.25, 0.3) is 0 Å². The van der Waals surface area contributed by atoms with Crippen LogP contribution in [0.15, 0.2) is 35.6 Å². The van der Waals surface area contributed by atoms with E-state index in [4.69, 9.17) is 15.7 Å². The topological polar surface area (TPSA) is 93.6 Å². The van der Waals surface area contributed by atoms with E-state index in [2.05, 4.69) is 15.4 Å². The lowest BCUT2D eigenvalue weighted by Crippen LogP contribution is -2.15. The third-order valence-corrected chi connectivity index (χ3v) is 2.19. The Hall–Kier alpha value is -2.77. The zero-order chi connectivity index (χ0) is 13.8. The van der Waals surface area contributed by atoms with E-state index >= 15 is 0 Å². The molecule has 0 aliphatic rings. The number of halogens is 2. The molecule has 8 heteroatoms. The minimum Gasteiger partial charge on any atom is -0.434 e. The Labute approximate surface area is 106 Å². The number of benzene rings is 1. The summed E-state index contributed by atoms with van der Waals surface area (Å²) in [7, 11) is 0. The van der Waals surface area contributed by atoms with Crippen molar-refractivity contribution in [3.05, 3.63) is 47.7 Å². The first-order valence-electron chi connectivity index (χ1n) is 5.05. The van der Waals surface area contributed by atoms with Crippen molar-refractivity contribution in [2.45, 2.75) is 0 Å². The number of oxime groups is 1. The second-order valence-corrected chi connectivity index (χ2v) is 3.39. The first-order valence-corrected chi connectivity index (χ1v) is 5.05. The van der Waals surface area contributed by atoms with E-state index in [-0.39, 0.29) is 23.0 Å². The van der Waals surface area contributed by atoms with E-state index in [1.165, 1.54) is 24.4 Å². The van der Waals surface area contributed by atoms with Crippen LogP contribution in [-0.4, -0.2) is 21.2 Å². The third kappa shape index (κ3) is 2.57. The lowest BCUT2D eigenvalue weighted by molar-refractivity contribution is 0.318. The van der Waals surface area contributed by atoms with Gasteiger partial charge in [-0.25, -0.2) is 4.39 Å². The van der Waals surface area contributed by atoms with Gasteiger partial charge in [-0.1, -0.05) is 11.2 Å². The van der Waals surface area contributed by atoms with E-state index < -0.39 is 11.6 Å². The highest BCUT2D eigenvalue weighted by Gasteiger charge is 2.15. The maximum Gasteiger partial charge on any atom is 0.250 e. The molecule has 2 rings (SSSR count). The Morgan fingerprint density at radius 3 is 2.84 bits per heavy atom. The highest BCUT2D eigenvalue weighted by atomic mass is 19.2. The molecule has 0 atom stereocenters. The number of rotatable bonds is 3. The van der Waals surface area contributed by atoms with Gasteiger partial charge in [0.1, 0.15) is 0 Å². The Morgan fingerprint density at radius 1 is 1.32 bits per heavy atom. The Bertz CT molecular complexity index is 634. The van der Waals surface area contributed by atoms with Gasteiger partial charge >= 0.3 is 0 Å². The molecule has 0 amide bonds. The van der Waals surface area contributed by atoms with Gasteiger partial charge in [0.15, 0.2) is 17.4 Å². The summed E-state index contributed by atoms with van der Waals surface area (Å²) in [5.74, 6) is -3.11. The monoisotopic (exact) mass is 266 g/mol. The first kappa shape index (κ1) is 12.7. The van der Waals surface area contributed by atoms with Crippen LogP contribution < -0.4 is 10.5 Å². The molecule has 0 radical (unpaired) electrons. The summed E-state index contributed by atoms with van der Waals surface area (Å²) in [6.45, 7) is 0. The van der Waals surface area contributed by atoms with E-state index in [0.717, 1.165) is 6.07 Å².